The zero-order chi connectivity index (χ0) is 10.4. The first kappa shape index (κ1) is 9.21. The number of nitrogens with two attached hydrogens (primary N) is 1. The smallest absolute Gasteiger partial charge is 0.149 e. The summed E-state index contributed by atoms with van der Waals surface area (Å²) in [5.41, 5.74) is 8.58. The summed E-state index contributed by atoms with van der Waals surface area (Å²) in [7, 11) is 0. The van der Waals surface area contributed by atoms with E-state index < -0.39 is 0 Å². The maximum absolute atomic E-state index is 5.92. The molecule has 2 N–H and O–H groups in total. The van der Waals surface area contributed by atoms with Gasteiger partial charge in [0.15, 0.2) is 0 Å². The van der Waals surface area contributed by atoms with Crippen LogP contribution in [0.5, 0.6) is 0 Å². The summed E-state index contributed by atoms with van der Waals surface area (Å²) in [5, 5.41) is 4.39. The monoisotopic (exact) mass is 206 g/mol. The number of rotatable bonds is 2. The molecule has 0 saturated heterocycles. The van der Waals surface area contributed by atoms with Crippen LogP contribution in [0.15, 0.2) is 0 Å². The summed E-state index contributed by atoms with van der Waals surface area (Å²) in [4.78, 5) is 2.58. The second kappa shape index (κ2) is 3.23. The summed E-state index contributed by atoms with van der Waals surface area (Å²) in [5.74, 6) is 0.752. The fourth-order valence-electron chi connectivity index (χ4n) is 2.54. The Labute approximate surface area is 90.0 Å². The normalized spacial score (nSPS) is 21.7. The van der Waals surface area contributed by atoms with E-state index in [1.807, 2.05) is 0 Å². The first-order valence-electron chi connectivity index (χ1n) is 5.87. The minimum atomic E-state index is 0.752. The first-order valence-corrected chi connectivity index (χ1v) is 5.87. The molecule has 0 aromatic carbocycles. The van der Waals surface area contributed by atoms with Crippen LogP contribution in [0.1, 0.15) is 31.0 Å². The molecule has 1 saturated carbocycles. The van der Waals surface area contributed by atoms with Crippen LogP contribution in [-0.2, 0) is 19.5 Å². The van der Waals surface area contributed by atoms with Crippen LogP contribution in [0, 0.1) is 0 Å². The Morgan fingerprint density at radius 3 is 2.93 bits per heavy atom. The van der Waals surface area contributed by atoms with Crippen LogP contribution in [0.4, 0.5) is 5.82 Å². The lowest BCUT2D eigenvalue weighted by molar-refractivity contribution is 0.235. The van der Waals surface area contributed by atoms with Crippen molar-refractivity contribution in [3.05, 3.63) is 11.3 Å². The molecular weight excluding hydrogens is 188 g/mol. The molecule has 82 valence electrons. The van der Waals surface area contributed by atoms with Gasteiger partial charge in [0.2, 0.25) is 0 Å². The molecule has 1 aliphatic heterocycles. The van der Waals surface area contributed by atoms with Crippen molar-refractivity contribution in [2.75, 3.05) is 12.3 Å². The Morgan fingerprint density at radius 2 is 2.27 bits per heavy atom. The molecule has 1 aromatic rings. The summed E-state index contributed by atoms with van der Waals surface area (Å²) >= 11 is 0. The van der Waals surface area contributed by atoms with Gasteiger partial charge in [-0.1, -0.05) is 0 Å². The third-order valence-corrected chi connectivity index (χ3v) is 3.56. The molecule has 15 heavy (non-hydrogen) atoms. The highest BCUT2D eigenvalue weighted by Crippen LogP contribution is 2.32. The highest BCUT2D eigenvalue weighted by molar-refractivity contribution is 5.44. The molecule has 4 heteroatoms. The van der Waals surface area contributed by atoms with E-state index in [2.05, 4.69) is 21.6 Å². The molecular formula is C11H18N4. The highest BCUT2D eigenvalue weighted by atomic mass is 15.3. The molecule has 1 aliphatic carbocycles. The van der Waals surface area contributed by atoms with Gasteiger partial charge in [-0.25, -0.2) is 0 Å². The average Bonchev–Trinajstić information content (AvgIpc) is 3.05. The number of aryl methyl sites for hydroxylation is 1. The largest absolute Gasteiger partial charge is 0.382 e. The molecule has 0 bridgehead atoms. The van der Waals surface area contributed by atoms with E-state index in [4.69, 9.17) is 5.73 Å². The van der Waals surface area contributed by atoms with Crippen molar-refractivity contribution in [2.45, 2.75) is 45.3 Å². The van der Waals surface area contributed by atoms with Gasteiger partial charge >= 0.3 is 0 Å². The van der Waals surface area contributed by atoms with Gasteiger partial charge < -0.3 is 5.73 Å². The molecule has 4 nitrogen and oxygen atoms in total. The van der Waals surface area contributed by atoms with E-state index in [0.717, 1.165) is 37.9 Å². The van der Waals surface area contributed by atoms with Crippen molar-refractivity contribution in [2.24, 2.45) is 0 Å². The topological polar surface area (TPSA) is 47.1 Å². The fraction of sp³-hybridized carbons (Fsp3) is 0.727. The quantitative estimate of drug-likeness (QED) is 0.785. The summed E-state index contributed by atoms with van der Waals surface area (Å²) in [6, 6.07) is 0.847. The molecule has 1 fully saturated rings. The second-order valence-corrected chi connectivity index (χ2v) is 4.58. The van der Waals surface area contributed by atoms with E-state index in [1.165, 1.54) is 24.1 Å². The molecule has 3 rings (SSSR count). The van der Waals surface area contributed by atoms with Crippen molar-refractivity contribution >= 4 is 5.82 Å². The Hall–Kier alpha value is -1.03. The SMILES string of the molecule is CCn1nc(N)c2c1CN(C1CC1)CC2. The molecule has 0 unspecified atom stereocenters. The number of anilines is 1. The number of nitrogen functional groups attached to an aromatic ring is 1. The lowest BCUT2D eigenvalue weighted by Crippen LogP contribution is -2.33. The van der Waals surface area contributed by atoms with E-state index in [0.29, 0.717) is 0 Å². The molecule has 2 aliphatic rings. The number of nitrogens with zero attached hydrogens (tertiary/aromatic N) is 3. The molecule has 0 spiro atoms. The number of fused-ring (bicyclic) bond motifs is 1. The Morgan fingerprint density at radius 1 is 1.47 bits per heavy atom. The number of hydrogen-bond donors (Lipinski definition) is 1. The third-order valence-electron chi connectivity index (χ3n) is 3.56. The van der Waals surface area contributed by atoms with Crippen LogP contribution in [0.3, 0.4) is 0 Å². The predicted octanol–water partition coefficient (Wildman–Crippen LogP) is 1.01. The molecule has 2 heterocycles. The molecule has 1 aromatic heterocycles. The Bertz CT molecular complexity index is 378. The van der Waals surface area contributed by atoms with Crippen LogP contribution in [0.2, 0.25) is 0 Å². The van der Waals surface area contributed by atoms with Gasteiger partial charge in [-0.2, -0.15) is 5.10 Å². The predicted molar refractivity (Wildman–Crippen MR) is 59.4 cm³/mol. The summed E-state index contributed by atoms with van der Waals surface area (Å²) in [6.45, 7) is 5.27. The van der Waals surface area contributed by atoms with E-state index in [1.54, 1.807) is 0 Å². The second-order valence-electron chi connectivity index (χ2n) is 4.58. The van der Waals surface area contributed by atoms with Crippen LogP contribution in [-0.4, -0.2) is 27.3 Å². The van der Waals surface area contributed by atoms with E-state index in [-0.39, 0.29) is 0 Å². The van der Waals surface area contributed by atoms with Gasteiger partial charge in [0.05, 0.1) is 5.69 Å². The van der Waals surface area contributed by atoms with Gasteiger partial charge in [-0.15, -0.1) is 0 Å². The van der Waals surface area contributed by atoms with Crippen molar-refractivity contribution in [1.29, 1.82) is 0 Å². The first-order chi connectivity index (χ1) is 7.29. The number of aromatic nitrogens is 2. The van der Waals surface area contributed by atoms with Crippen LogP contribution >= 0.6 is 0 Å². The van der Waals surface area contributed by atoms with Gasteiger partial charge in [-0.3, -0.25) is 9.58 Å². The van der Waals surface area contributed by atoms with Crippen LogP contribution in [0.25, 0.3) is 0 Å². The molecule has 0 amide bonds. The zero-order valence-corrected chi connectivity index (χ0v) is 9.24. The van der Waals surface area contributed by atoms with Gasteiger partial charge in [-0.05, 0) is 26.2 Å². The zero-order valence-electron chi connectivity index (χ0n) is 9.24. The summed E-state index contributed by atoms with van der Waals surface area (Å²) in [6.07, 6.45) is 3.84. The van der Waals surface area contributed by atoms with Gasteiger partial charge in [0.25, 0.3) is 0 Å². The van der Waals surface area contributed by atoms with Gasteiger partial charge in [0, 0.05) is 31.2 Å². The van der Waals surface area contributed by atoms with Crippen molar-refractivity contribution < 1.29 is 0 Å². The molecule has 0 radical (unpaired) electrons. The summed E-state index contributed by atoms with van der Waals surface area (Å²) < 4.78 is 2.07. The standard InChI is InChI=1S/C11H18N4/c1-2-15-10-7-14(8-3-4-8)6-5-9(10)11(12)13-15/h8H,2-7H2,1H3,(H2,12,13). The number of hydrogen-bond acceptors (Lipinski definition) is 3. The Balaban J connectivity index is 1.92. The minimum Gasteiger partial charge on any atom is -0.382 e. The fourth-order valence-corrected chi connectivity index (χ4v) is 2.54. The molecule has 0 atom stereocenters. The average molecular weight is 206 g/mol. The Kier molecular flexibility index (Phi) is 1.99. The third kappa shape index (κ3) is 1.44. The van der Waals surface area contributed by atoms with Gasteiger partial charge in [0.1, 0.15) is 5.82 Å². The van der Waals surface area contributed by atoms with Crippen molar-refractivity contribution in [1.82, 2.24) is 14.7 Å². The maximum atomic E-state index is 5.92. The van der Waals surface area contributed by atoms with E-state index >= 15 is 0 Å². The van der Waals surface area contributed by atoms with Crippen LogP contribution < -0.4 is 5.73 Å². The highest BCUT2D eigenvalue weighted by Gasteiger charge is 2.33. The lowest BCUT2D eigenvalue weighted by atomic mass is 10.1. The van der Waals surface area contributed by atoms with Crippen molar-refractivity contribution in [3.63, 3.8) is 0 Å². The maximum Gasteiger partial charge on any atom is 0.149 e. The minimum absolute atomic E-state index is 0.752. The van der Waals surface area contributed by atoms with E-state index in [9.17, 15) is 0 Å². The van der Waals surface area contributed by atoms with Crippen molar-refractivity contribution in [3.8, 4) is 0 Å². The lowest BCUT2D eigenvalue weighted by Gasteiger charge is -2.27.